The lowest BCUT2D eigenvalue weighted by molar-refractivity contribution is -0.139. The number of nitrogens with one attached hydrogen (secondary N) is 1. The monoisotopic (exact) mass is 389 g/mol. The van der Waals surface area contributed by atoms with Crippen molar-refractivity contribution >= 4 is 21.4 Å². The van der Waals surface area contributed by atoms with Gasteiger partial charge in [0, 0.05) is 32.4 Å². The normalized spacial score (nSPS) is 20.5. The van der Waals surface area contributed by atoms with Crippen molar-refractivity contribution < 1.29 is 26.4 Å². The Balaban J connectivity index is 2.08. The van der Waals surface area contributed by atoms with Crippen molar-refractivity contribution in [2.24, 2.45) is 0 Å². The molecule has 6 nitrogen and oxygen atoms in total. The van der Waals surface area contributed by atoms with E-state index in [9.17, 15) is 26.4 Å². The van der Waals surface area contributed by atoms with E-state index < -0.39 is 31.7 Å². The Hall–Kier alpha value is -2.23. The van der Waals surface area contributed by atoms with Gasteiger partial charge in [-0.3, -0.25) is 4.79 Å². The van der Waals surface area contributed by atoms with Crippen molar-refractivity contribution in [3.63, 3.8) is 0 Å². The average Bonchev–Trinajstić information content (AvgIpc) is 3.25. The Labute approximate surface area is 149 Å². The molecule has 1 aromatic carbocycles. The summed E-state index contributed by atoms with van der Waals surface area (Å²) in [5, 5.41) is 1.72. The van der Waals surface area contributed by atoms with E-state index in [4.69, 9.17) is 0 Å². The Morgan fingerprint density at radius 3 is 2.58 bits per heavy atom. The van der Waals surface area contributed by atoms with Gasteiger partial charge in [-0.25, -0.2) is 8.42 Å². The summed E-state index contributed by atoms with van der Waals surface area (Å²) in [6, 6.07) is 3.54. The van der Waals surface area contributed by atoms with Crippen LogP contribution in [0.15, 0.2) is 35.5 Å². The molecule has 0 aromatic heterocycles. The van der Waals surface area contributed by atoms with Gasteiger partial charge in [-0.2, -0.15) is 13.2 Å². The van der Waals surface area contributed by atoms with Gasteiger partial charge in [0.05, 0.1) is 28.1 Å². The number of hydrogen-bond acceptors (Lipinski definition) is 5. The summed E-state index contributed by atoms with van der Waals surface area (Å²) < 4.78 is 67.2. The van der Waals surface area contributed by atoms with Crippen LogP contribution in [0.3, 0.4) is 0 Å². The first kappa shape index (κ1) is 18.6. The van der Waals surface area contributed by atoms with Crippen LogP contribution in [0.5, 0.6) is 0 Å². The molecule has 1 saturated heterocycles. The number of carbonyl (C=O) groups is 1. The highest BCUT2D eigenvalue weighted by molar-refractivity contribution is 7.92. The number of amides is 1. The molecule has 1 atom stereocenters. The number of halogens is 3. The molecule has 0 saturated carbocycles. The van der Waals surface area contributed by atoms with E-state index in [2.05, 4.69) is 5.32 Å². The molecule has 1 fully saturated rings. The van der Waals surface area contributed by atoms with E-state index in [1.807, 2.05) is 0 Å². The van der Waals surface area contributed by atoms with E-state index in [1.54, 1.807) is 0 Å². The zero-order valence-corrected chi connectivity index (χ0v) is 14.8. The van der Waals surface area contributed by atoms with E-state index >= 15 is 0 Å². The third-order valence-electron chi connectivity index (χ3n) is 4.57. The number of alkyl halides is 3. The maximum atomic E-state index is 13.8. The van der Waals surface area contributed by atoms with Crippen LogP contribution in [0.1, 0.15) is 18.9 Å². The third-order valence-corrected chi connectivity index (χ3v) is 6.78. The van der Waals surface area contributed by atoms with Crippen molar-refractivity contribution in [2.75, 3.05) is 24.7 Å². The smallest absolute Gasteiger partial charge is 0.372 e. The first-order chi connectivity index (χ1) is 12.1. The molecule has 0 radical (unpaired) electrons. The van der Waals surface area contributed by atoms with Crippen molar-refractivity contribution in [3.05, 3.63) is 36.2 Å². The number of rotatable bonds is 3. The molecule has 1 unspecified atom stereocenters. The number of anilines is 1. The first-order valence-corrected chi connectivity index (χ1v) is 9.53. The van der Waals surface area contributed by atoms with Crippen LogP contribution in [-0.4, -0.2) is 44.2 Å². The summed E-state index contributed by atoms with van der Waals surface area (Å²) in [5.41, 5.74) is -1.39. The number of benzene rings is 1. The number of likely N-dealkylation sites (tertiary alicyclic amines) is 1. The van der Waals surface area contributed by atoms with Crippen LogP contribution in [0.4, 0.5) is 18.9 Å². The molecule has 142 valence electrons. The highest BCUT2D eigenvalue weighted by Crippen LogP contribution is 2.42. The van der Waals surface area contributed by atoms with E-state index in [1.165, 1.54) is 41.3 Å². The molecule has 1 aromatic rings. The minimum Gasteiger partial charge on any atom is -0.372 e. The SMILES string of the molecule is CC(=O)N1CCC(S(=O)(=O)c2cccc(N3C=CNC3)c2C(F)(F)F)C1. The molecule has 0 bridgehead atoms. The average molecular weight is 389 g/mol. The van der Waals surface area contributed by atoms with Crippen LogP contribution >= 0.6 is 0 Å². The molecule has 10 heteroatoms. The van der Waals surface area contributed by atoms with E-state index in [0.29, 0.717) is 0 Å². The Kier molecular flexibility index (Phi) is 4.63. The lowest BCUT2D eigenvalue weighted by atomic mass is 10.1. The van der Waals surface area contributed by atoms with Gasteiger partial charge >= 0.3 is 6.18 Å². The highest BCUT2D eigenvalue weighted by Gasteiger charge is 2.44. The Bertz CT molecular complexity index is 852. The summed E-state index contributed by atoms with van der Waals surface area (Å²) >= 11 is 0. The fourth-order valence-corrected chi connectivity index (χ4v) is 5.16. The predicted molar refractivity (Wildman–Crippen MR) is 88.9 cm³/mol. The molecular weight excluding hydrogens is 371 g/mol. The van der Waals surface area contributed by atoms with Gasteiger partial charge in [-0.1, -0.05) is 6.07 Å². The lowest BCUT2D eigenvalue weighted by Crippen LogP contribution is -2.31. The maximum Gasteiger partial charge on any atom is 0.419 e. The third kappa shape index (κ3) is 3.25. The second-order valence-corrected chi connectivity index (χ2v) is 8.41. The molecule has 1 N–H and O–H groups in total. The number of hydrogen-bond donors (Lipinski definition) is 1. The summed E-state index contributed by atoms with van der Waals surface area (Å²) in [5.74, 6) is -0.291. The fourth-order valence-electron chi connectivity index (χ4n) is 3.24. The molecule has 0 aliphatic carbocycles. The van der Waals surface area contributed by atoms with Gasteiger partial charge in [0.15, 0.2) is 9.84 Å². The van der Waals surface area contributed by atoms with Gasteiger partial charge in [0.1, 0.15) is 0 Å². The second-order valence-electron chi connectivity index (χ2n) is 6.22. The zero-order chi connectivity index (χ0) is 19.1. The summed E-state index contributed by atoms with van der Waals surface area (Å²) in [6.07, 6.45) is -1.81. The van der Waals surface area contributed by atoms with Crippen LogP contribution in [0, 0.1) is 0 Å². The highest BCUT2D eigenvalue weighted by atomic mass is 32.2. The van der Waals surface area contributed by atoms with E-state index in [-0.39, 0.29) is 37.8 Å². The van der Waals surface area contributed by atoms with Gasteiger partial charge < -0.3 is 15.1 Å². The van der Waals surface area contributed by atoms with Crippen LogP contribution in [-0.2, 0) is 20.8 Å². The largest absolute Gasteiger partial charge is 0.419 e. The van der Waals surface area contributed by atoms with Crippen LogP contribution in [0.2, 0.25) is 0 Å². The zero-order valence-electron chi connectivity index (χ0n) is 14.0. The van der Waals surface area contributed by atoms with Crippen LogP contribution < -0.4 is 10.2 Å². The minimum absolute atomic E-state index is 0.0929. The summed E-state index contributed by atoms with van der Waals surface area (Å²) in [6.45, 7) is 1.56. The van der Waals surface area contributed by atoms with Gasteiger partial charge in [-0.15, -0.1) is 0 Å². The standard InChI is InChI=1S/C16H18F3N3O3S/c1-11(23)21-7-5-12(9-21)26(24,25)14-4-2-3-13(15(14)16(17,18)19)22-8-6-20-10-22/h2-4,6,8,12,20H,5,7,9-10H2,1H3. The quantitative estimate of drug-likeness (QED) is 0.856. The Morgan fingerprint density at radius 1 is 1.31 bits per heavy atom. The fraction of sp³-hybridized carbons (Fsp3) is 0.438. The summed E-state index contributed by atoms with van der Waals surface area (Å²) in [7, 11) is -4.26. The van der Waals surface area contributed by atoms with Crippen LogP contribution in [0.25, 0.3) is 0 Å². The molecule has 2 heterocycles. The molecular formula is C16H18F3N3O3S. The number of nitrogens with zero attached hydrogens (tertiary/aromatic N) is 2. The van der Waals surface area contributed by atoms with Crippen molar-refractivity contribution in [2.45, 2.75) is 29.7 Å². The van der Waals surface area contributed by atoms with Gasteiger partial charge in [0.2, 0.25) is 5.91 Å². The van der Waals surface area contributed by atoms with Gasteiger partial charge in [-0.05, 0) is 18.6 Å². The molecule has 2 aliphatic rings. The lowest BCUT2D eigenvalue weighted by Gasteiger charge is -2.24. The predicted octanol–water partition coefficient (Wildman–Crippen LogP) is 1.94. The maximum absolute atomic E-state index is 13.8. The molecule has 26 heavy (non-hydrogen) atoms. The molecule has 2 aliphatic heterocycles. The summed E-state index contributed by atoms with van der Waals surface area (Å²) in [4.78, 5) is 13.3. The number of carbonyl (C=O) groups excluding carboxylic acids is 1. The topological polar surface area (TPSA) is 69.7 Å². The van der Waals surface area contributed by atoms with Gasteiger partial charge in [0.25, 0.3) is 0 Å². The van der Waals surface area contributed by atoms with E-state index in [0.717, 1.165) is 6.07 Å². The van der Waals surface area contributed by atoms with Crippen molar-refractivity contribution in [1.82, 2.24) is 10.2 Å². The minimum atomic E-state index is -4.84. The molecule has 3 rings (SSSR count). The Morgan fingerprint density at radius 2 is 2.04 bits per heavy atom. The van der Waals surface area contributed by atoms with Crippen molar-refractivity contribution in [1.29, 1.82) is 0 Å². The second kappa shape index (κ2) is 6.49. The first-order valence-electron chi connectivity index (χ1n) is 7.98. The number of sulfone groups is 1. The van der Waals surface area contributed by atoms with Crippen molar-refractivity contribution in [3.8, 4) is 0 Å². The molecule has 1 amide bonds. The molecule has 0 spiro atoms.